The maximum atomic E-state index is 13.6. The van der Waals surface area contributed by atoms with Gasteiger partial charge in [0.1, 0.15) is 12.9 Å². The van der Waals surface area contributed by atoms with Crippen LogP contribution in [0.4, 0.5) is 0 Å². The van der Waals surface area contributed by atoms with E-state index in [9.17, 15) is 19.8 Å². The van der Waals surface area contributed by atoms with Gasteiger partial charge in [0.15, 0.2) is 5.82 Å². The number of cyclic esters (lactones) is 1. The molecule has 12 nitrogen and oxygen atoms in total. The number of rotatable bonds is 5. The Labute approximate surface area is 201 Å². The highest BCUT2D eigenvalue weighted by molar-refractivity contribution is 5.94. The molecule has 0 radical (unpaired) electrons. The van der Waals surface area contributed by atoms with Crippen molar-refractivity contribution in [2.75, 3.05) is 19.7 Å². The fourth-order valence-corrected chi connectivity index (χ4v) is 6.25. The van der Waals surface area contributed by atoms with Gasteiger partial charge in [-0.05, 0) is 49.1 Å². The van der Waals surface area contributed by atoms with Gasteiger partial charge in [-0.3, -0.25) is 9.69 Å². The Hall–Kier alpha value is -3.22. The number of piperidine rings is 1. The SMILES string of the molecule is CC1=C(N2CC(O)C3(C[C@H]4CC[C@H](C3)N4CC(O)c3ccc(-n4cnnn4)nc3)C2=O)COC1=O. The van der Waals surface area contributed by atoms with Crippen molar-refractivity contribution in [1.29, 1.82) is 0 Å². The van der Waals surface area contributed by atoms with Crippen molar-refractivity contribution in [1.82, 2.24) is 35.0 Å². The zero-order valence-corrected chi connectivity index (χ0v) is 19.3. The van der Waals surface area contributed by atoms with Gasteiger partial charge in [-0.15, -0.1) is 5.10 Å². The van der Waals surface area contributed by atoms with Crippen LogP contribution in [0.5, 0.6) is 0 Å². The summed E-state index contributed by atoms with van der Waals surface area (Å²) >= 11 is 0. The zero-order valence-electron chi connectivity index (χ0n) is 19.3. The first-order valence-corrected chi connectivity index (χ1v) is 11.9. The number of carbonyl (C=O) groups excluding carboxylic acids is 2. The van der Waals surface area contributed by atoms with Crippen molar-refractivity contribution in [2.24, 2.45) is 5.41 Å². The number of amides is 1. The number of β-amino-alcohol motifs (C(OH)–C–C–N with tert-alkyl or cyclic N) is 1. The molecule has 4 aliphatic heterocycles. The molecule has 2 aromatic rings. The number of ether oxygens (including phenoxy) is 1. The third kappa shape index (κ3) is 3.46. The van der Waals surface area contributed by atoms with E-state index in [1.807, 2.05) is 6.07 Å². The molecule has 6 rings (SSSR count). The van der Waals surface area contributed by atoms with Gasteiger partial charge >= 0.3 is 5.97 Å². The molecule has 12 heteroatoms. The van der Waals surface area contributed by atoms with Crippen LogP contribution in [0.2, 0.25) is 0 Å². The lowest BCUT2D eigenvalue weighted by Crippen LogP contribution is -2.54. The molecule has 3 fully saturated rings. The van der Waals surface area contributed by atoms with Gasteiger partial charge in [0.05, 0.1) is 35.4 Å². The molecule has 1 spiro atoms. The number of fused-ring (bicyclic) bond motifs is 2. The number of hydrogen-bond donors (Lipinski definition) is 2. The number of likely N-dealkylation sites (tertiary alicyclic amines) is 1. The number of aliphatic hydroxyl groups excluding tert-OH is 2. The lowest BCUT2D eigenvalue weighted by molar-refractivity contribution is -0.143. The molecule has 3 saturated heterocycles. The van der Waals surface area contributed by atoms with E-state index >= 15 is 0 Å². The number of tetrazole rings is 1. The average Bonchev–Trinajstić information content (AvgIpc) is 3.60. The van der Waals surface area contributed by atoms with Crippen molar-refractivity contribution in [3.8, 4) is 5.82 Å². The second-order valence-corrected chi connectivity index (χ2v) is 9.95. The number of carbonyl (C=O) groups is 2. The molecule has 35 heavy (non-hydrogen) atoms. The van der Waals surface area contributed by atoms with Crippen LogP contribution in [0.15, 0.2) is 35.9 Å². The van der Waals surface area contributed by atoms with E-state index in [4.69, 9.17) is 4.74 Å². The Morgan fingerprint density at radius 2 is 2.00 bits per heavy atom. The summed E-state index contributed by atoms with van der Waals surface area (Å²) in [5.74, 6) is 0.0358. The largest absolute Gasteiger partial charge is 0.456 e. The Morgan fingerprint density at radius 3 is 2.60 bits per heavy atom. The van der Waals surface area contributed by atoms with Crippen molar-refractivity contribution in [2.45, 2.75) is 56.9 Å². The number of aliphatic hydroxyl groups is 2. The summed E-state index contributed by atoms with van der Waals surface area (Å²) in [7, 11) is 0. The maximum Gasteiger partial charge on any atom is 0.336 e. The van der Waals surface area contributed by atoms with Crippen molar-refractivity contribution in [3.63, 3.8) is 0 Å². The normalized spacial score (nSPS) is 31.6. The van der Waals surface area contributed by atoms with E-state index in [1.165, 1.54) is 11.0 Å². The molecule has 2 N–H and O–H groups in total. The van der Waals surface area contributed by atoms with Crippen LogP contribution < -0.4 is 0 Å². The van der Waals surface area contributed by atoms with Gasteiger partial charge in [0, 0.05) is 30.4 Å². The molecular formula is C23H27N7O5. The van der Waals surface area contributed by atoms with Gasteiger partial charge < -0.3 is 19.8 Å². The van der Waals surface area contributed by atoms with E-state index in [-0.39, 0.29) is 31.1 Å². The highest BCUT2D eigenvalue weighted by atomic mass is 16.5. The van der Waals surface area contributed by atoms with E-state index in [0.717, 1.165) is 12.8 Å². The predicted octanol–water partition coefficient (Wildman–Crippen LogP) is -0.262. The van der Waals surface area contributed by atoms with Crippen molar-refractivity contribution < 1.29 is 24.5 Å². The van der Waals surface area contributed by atoms with Crippen LogP contribution >= 0.6 is 0 Å². The summed E-state index contributed by atoms with van der Waals surface area (Å²) in [5.41, 5.74) is 0.837. The van der Waals surface area contributed by atoms with Crippen LogP contribution in [0.3, 0.4) is 0 Å². The molecule has 184 valence electrons. The third-order valence-corrected chi connectivity index (χ3v) is 8.16. The van der Waals surface area contributed by atoms with E-state index in [2.05, 4.69) is 25.4 Å². The van der Waals surface area contributed by atoms with Crippen molar-refractivity contribution >= 4 is 11.9 Å². The summed E-state index contributed by atoms with van der Waals surface area (Å²) in [6, 6.07) is 3.75. The maximum absolute atomic E-state index is 13.6. The number of hydrogen-bond acceptors (Lipinski definition) is 10. The zero-order chi connectivity index (χ0) is 24.3. The summed E-state index contributed by atoms with van der Waals surface area (Å²) in [5, 5.41) is 33.0. The quantitative estimate of drug-likeness (QED) is 0.547. The van der Waals surface area contributed by atoms with Crippen molar-refractivity contribution in [3.05, 3.63) is 41.5 Å². The lowest BCUT2D eigenvalue weighted by Gasteiger charge is -2.45. The topological polar surface area (TPSA) is 147 Å². The Bertz CT molecular complexity index is 1170. The third-order valence-electron chi connectivity index (χ3n) is 8.16. The van der Waals surface area contributed by atoms with E-state index in [1.54, 1.807) is 24.1 Å². The molecule has 6 heterocycles. The first kappa shape index (κ1) is 22.3. The second-order valence-electron chi connectivity index (χ2n) is 9.95. The minimum atomic E-state index is -0.860. The van der Waals surface area contributed by atoms with Crippen LogP contribution in [0.25, 0.3) is 5.82 Å². The fraction of sp³-hybridized carbons (Fsp3) is 0.565. The lowest BCUT2D eigenvalue weighted by atomic mass is 9.72. The first-order chi connectivity index (χ1) is 16.9. The number of pyridine rings is 1. The van der Waals surface area contributed by atoms with Crippen LogP contribution in [0.1, 0.15) is 44.3 Å². The summed E-state index contributed by atoms with van der Waals surface area (Å²) in [4.78, 5) is 33.6. The summed E-state index contributed by atoms with van der Waals surface area (Å²) in [6.45, 7) is 2.35. The van der Waals surface area contributed by atoms with E-state index in [0.29, 0.717) is 42.0 Å². The smallest absolute Gasteiger partial charge is 0.336 e. The molecule has 4 atom stereocenters. The minimum absolute atomic E-state index is 0.0740. The van der Waals surface area contributed by atoms with Crippen LogP contribution in [-0.4, -0.2) is 95.0 Å². The number of nitrogens with zero attached hydrogens (tertiary/aromatic N) is 7. The van der Waals surface area contributed by atoms with E-state index < -0.39 is 23.6 Å². The molecule has 0 saturated carbocycles. The molecule has 2 bridgehead atoms. The van der Waals surface area contributed by atoms with Gasteiger partial charge in [-0.25, -0.2) is 9.78 Å². The molecular weight excluding hydrogens is 454 g/mol. The van der Waals surface area contributed by atoms with Gasteiger partial charge in [0.2, 0.25) is 5.91 Å². The Balaban J connectivity index is 1.17. The highest BCUT2D eigenvalue weighted by Gasteiger charge is 2.61. The predicted molar refractivity (Wildman–Crippen MR) is 118 cm³/mol. The Morgan fingerprint density at radius 1 is 1.23 bits per heavy atom. The monoisotopic (exact) mass is 481 g/mol. The molecule has 2 unspecified atom stereocenters. The average molecular weight is 482 g/mol. The fourth-order valence-electron chi connectivity index (χ4n) is 6.25. The molecule has 2 aromatic heterocycles. The standard InChI is InChI=1S/C23H27N7O5/c1-13-17(11-35-21(13)33)29-10-19(32)23(22(29)34)6-15-3-4-16(7-23)28(15)9-18(31)14-2-5-20(24-8-14)30-12-25-26-27-30/h2,5,8,12,15-16,18-19,31-32H,3-4,6-7,9-11H2,1H3/t15-,16-,18?,19?/m1/s1. The summed E-state index contributed by atoms with van der Waals surface area (Å²) in [6.07, 6.45) is 4.43. The van der Waals surface area contributed by atoms with Gasteiger partial charge in [-0.1, -0.05) is 6.07 Å². The number of esters is 1. The van der Waals surface area contributed by atoms with Gasteiger partial charge in [-0.2, -0.15) is 4.68 Å². The molecule has 4 aliphatic rings. The summed E-state index contributed by atoms with van der Waals surface area (Å²) < 4.78 is 6.54. The highest BCUT2D eigenvalue weighted by Crippen LogP contribution is 2.52. The Kier molecular flexibility index (Phi) is 5.20. The number of aromatic nitrogens is 5. The van der Waals surface area contributed by atoms with Gasteiger partial charge in [0.25, 0.3) is 0 Å². The first-order valence-electron chi connectivity index (χ1n) is 11.9. The van der Waals surface area contributed by atoms with Crippen LogP contribution in [0, 0.1) is 5.41 Å². The molecule has 0 aliphatic carbocycles. The molecule has 0 aromatic carbocycles. The van der Waals surface area contributed by atoms with Crippen LogP contribution in [-0.2, 0) is 14.3 Å². The second kappa shape index (κ2) is 8.18. The minimum Gasteiger partial charge on any atom is -0.456 e. The molecule has 1 amide bonds.